The van der Waals surface area contributed by atoms with E-state index in [9.17, 15) is 4.39 Å². The quantitative estimate of drug-likeness (QED) is 0.596. The number of aromatic nitrogens is 2. The standard InChI is InChI=1S/C26H28ClFN6/c1-16-14-33(15-17(2)34(16)10-8-29)19-12-25-24(31-13-19)6-5-23(32-25)20-7-9-30-26(20)21-11-18(27)3-4-22(21)28/h3-7,11-13,16-17H,8-10,14-15,29H2,1-2H3. The van der Waals surface area contributed by atoms with Crippen LogP contribution in [0.5, 0.6) is 0 Å². The zero-order valence-electron chi connectivity index (χ0n) is 19.4. The van der Waals surface area contributed by atoms with E-state index >= 15 is 0 Å². The van der Waals surface area contributed by atoms with E-state index < -0.39 is 0 Å². The molecule has 0 amide bonds. The van der Waals surface area contributed by atoms with Crippen molar-refractivity contribution < 1.29 is 4.39 Å². The van der Waals surface area contributed by atoms with Gasteiger partial charge >= 0.3 is 0 Å². The molecule has 2 aliphatic heterocycles. The van der Waals surface area contributed by atoms with Crippen molar-refractivity contribution >= 4 is 39.6 Å². The molecule has 1 fully saturated rings. The Kier molecular flexibility index (Phi) is 6.34. The molecule has 2 N–H and O–H groups in total. The van der Waals surface area contributed by atoms with E-state index in [0.29, 0.717) is 41.5 Å². The first-order chi connectivity index (χ1) is 16.4. The molecule has 8 heteroatoms. The molecule has 1 aromatic carbocycles. The highest BCUT2D eigenvalue weighted by atomic mass is 35.5. The van der Waals surface area contributed by atoms with Crippen molar-refractivity contribution in [2.75, 3.05) is 37.6 Å². The Hall–Kier alpha value is -2.87. The van der Waals surface area contributed by atoms with Gasteiger partial charge in [0.05, 0.1) is 40.9 Å². The predicted molar refractivity (Wildman–Crippen MR) is 137 cm³/mol. The average molecular weight is 479 g/mol. The van der Waals surface area contributed by atoms with Crippen LogP contribution < -0.4 is 10.6 Å². The first kappa shape index (κ1) is 22.9. The molecule has 5 rings (SSSR count). The summed E-state index contributed by atoms with van der Waals surface area (Å²) in [5.41, 5.74) is 11.0. The lowest BCUT2D eigenvalue weighted by Crippen LogP contribution is -2.57. The van der Waals surface area contributed by atoms with E-state index in [2.05, 4.69) is 39.7 Å². The van der Waals surface area contributed by atoms with Crippen LogP contribution in [0, 0.1) is 5.82 Å². The van der Waals surface area contributed by atoms with Crippen molar-refractivity contribution in [3.8, 4) is 0 Å². The summed E-state index contributed by atoms with van der Waals surface area (Å²) in [4.78, 5) is 18.9. The Bertz CT molecular complexity index is 1280. The zero-order chi connectivity index (χ0) is 23.8. The fraction of sp³-hybridized carbons (Fsp3) is 0.346. The summed E-state index contributed by atoms with van der Waals surface area (Å²) in [6.07, 6.45) is 3.89. The second-order valence-corrected chi connectivity index (χ2v) is 9.43. The van der Waals surface area contributed by atoms with Crippen molar-refractivity contribution in [2.24, 2.45) is 10.7 Å². The van der Waals surface area contributed by atoms with E-state index in [1.807, 2.05) is 24.4 Å². The number of aliphatic imine (C=N–C) groups is 1. The lowest BCUT2D eigenvalue weighted by Gasteiger charge is -2.45. The number of benzene rings is 1. The topological polar surface area (TPSA) is 70.6 Å². The van der Waals surface area contributed by atoms with E-state index in [4.69, 9.17) is 22.3 Å². The minimum Gasteiger partial charge on any atom is -0.367 e. The Morgan fingerprint density at radius 1 is 1.09 bits per heavy atom. The van der Waals surface area contributed by atoms with Crippen LogP contribution in [-0.4, -0.2) is 65.4 Å². The maximum absolute atomic E-state index is 14.5. The first-order valence-electron chi connectivity index (χ1n) is 11.6. The molecule has 176 valence electrons. The van der Waals surface area contributed by atoms with Gasteiger partial charge < -0.3 is 10.6 Å². The Morgan fingerprint density at radius 2 is 1.88 bits per heavy atom. The maximum Gasteiger partial charge on any atom is 0.132 e. The summed E-state index contributed by atoms with van der Waals surface area (Å²) in [5, 5.41) is 0.473. The second-order valence-electron chi connectivity index (χ2n) is 8.99. The fourth-order valence-electron chi connectivity index (χ4n) is 5.02. The van der Waals surface area contributed by atoms with Crippen molar-refractivity contribution in [3.63, 3.8) is 0 Å². The highest BCUT2D eigenvalue weighted by molar-refractivity contribution is 6.35. The molecular formula is C26H28ClFN6. The summed E-state index contributed by atoms with van der Waals surface area (Å²) in [7, 11) is 0. The molecule has 2 aliphatic rings. The van der Waals surface area contributed by atoms with E-state index in [1.165, 1.54) is 6.07 Å². The molecule has 6 nitrogen and oxygen atoms in total. The monoisotopic (exact) mass is 478 g/mol. The van der Waals surface area contributed by atoms with Crippen LogP contribution in [0.3, 0.4) is 0 Å². The van der Waals surface area contributed by atoms with Crippen LogP contribution in [0.4, 0.5) is 10.1 Å². The van der Waals surface area contributed by atoms with Gasteiger partial charge in [0.1, 0.15) is 5.82 Å². The Labute approximate surface area is 204 Å². The van der Waals surface area contributed by atoms with Gasteiger partial charge in [0.2, 0.25) is 0 Å². The number of nitrogens with zero attached hydrogens (tertiary/aromatic N) is 5. The Morgan fingerprint density at radius 3 is 2.65 bits per heavy atom. The minimum absolute atomic E-state index is 0.349. The number of halogens is 2. The van der Waals surface area contributed by atoms with Crippen LogP contribution in [0.15, 0.2) is 53.7 Å². The van der Waals surface area contributed by atoms with Crippen LogP contribution >= 0.6 is 11.6 Å². The highest BCUT2D eigenvalue weighted by Gasteiger charge is 2.29. The lowest BCUT2D eigenvalue weighted by atomic mass is 9.99. The Balaban J connectivity index is 1.45. The van der Waals surface area contributed by atoms with Crippen LogP contribution in [-0.2, 0) is 0 Å². The molecule has 2 aromatic heterocycles. The molecule has 2 atom stereocenters. The molecule has 0 radical (unpaired) electrons. The van der Waals surface area contributed by atoms with Crippen LogP contribution in [0.25, 0.3) is 16.6 Å². The SMILES string of the molecule is CC1CN(c2cnc3ccc(C4=CCN=C4c4cc(Cl)ccc4F)nc3c2)CC(C)N1CCN. The van der Waals surface area contributed by atoms with Crippen LogP contribution in [0.1, 0.15) is 25.1 Å². The molecule has 0 aliphatic carbocycles. The molecule has 0 spiro atoms. The smallest absolute Gasteiger partial charge is 0.132 e. The maximum atomic E-state index is 14.5. The summed E-state index contributed by atoms with van der Waals surface area (Å²) in [6, 6.07) is 11.3. The number of piperazine rings is 1. The average Bonchev–Trinajstić information content (AvgIpc) is 3.32. The molecular weight excluding hydrogens is 451 g/mol. The van der Waals surface area contributed by atoms with Crippen molar-refractivity contribution in [2.45, 2.75) is 25.9 Å². The second kappa shape index (κ2) is 9.41. The van der Waals surface area contributed by atoms with E-state index in [1.54, 1.807) is 12.1 Å². The fourth-order valence-corrected chi connectivity index (χ4v) is 5.19. The normalized spacial score (nSPS) is 21.1. The molecule has 1 saturated heterocycles. The molecule has 0 saturated carbocycles. The van der Waals surface area contributed by atoms with Crippen molar-refractivity contribution in [1.82, 2.24) is 14.9 Å². The number of anilines is 1. The highest BCUT2D eigenvalue weighted by Crippen LogP contribution is 2.29. The summed E-state index contributed by atoms with van der Waals surface area (Å²) >= 11 is 6.13. The molecule has 3 aromatic rings. The number of pyridine rings is 2. The third-order valence-electron chi connectivity index (χ3n) is 6.64. The zero-order valence-corrected chi connectivity index (χ0v) is 20.1. The third-order valence-corrected chi connectivity index (χ3v) is 6.87. The number of rotatable bonds is 5. The minimum atomic E-state index is -0.349. The third kappa shape index (κ3) is 4.31. The van der Waals surface area contributed by atoms with Gasteiger partial charge in [0, 0.05) is 54.4 Å². The van der Waals surface area contributed by atoms with Gasteiger partial charge in [0.25, 0.3) is 0 Å². The number of hydrogen-bond acceptors (Lipinski definition) is 6. The van der Waals surface area contributed by atoms with Crippen LogP contribution in [0.2, 0.25) is 5.02 Å². The molecule has 34 heavy (non-hydrogen) atoms. The van der Waals surface area contributed by atoms with Gasteiger partial charge in [-0.3, -0.25) is 14.9 Å². The first-order valence-corrected chi connectivity index (χ1v) is 12.0. The van der Waals surface area contributed by atoms with Gasteiger partial charge in [-0.25, -0.2) is 9.37 Å². The summed E-state index contributed by atoms with van der Waals surface area (Å²) in [6.45, 7) is 8.36. The van der Waals surface area contributed by atoms with Crippen molar-refractivity contribution in [1.29, 1.82) is 0 Å². The molecule has 0 bridgehead atoms. The molecule has 2 unspecified atom stereocenters. The van der Waals surface area contributed by atoms with Gasteiger partial charge in [-0.1, -0.05) is 17.7 Å². The largest absolute Gasteiger partial charge is 0.367 e. The van der Waals surface area contributed by atoms with Gasteiger partial charge in [-0.05, 0) is 50.2 Å². The summed E-state index contributed by atoms with van der Waals surface area (Å²) in [5.74, 6) is -0.349. The van der Waals surface area contributed by atoms with Gasteiger partial charge in [-0.2, -0.15) is 0 Å². The van der Waals surface area contributed by atoms with E-state index in [-0.39, 0.29) is 5.82 Å². The van der Waals surface area contributed by atoms with Crippen molar-refractivity contribution in [3.05, 3.63) is 70.8 Å². The van der Waals surface area contributed by atoms with Gasteiger partial charge in [0.15, 0.2) is 0 Å². The number of allylic oxidation sites excluding steroid dienone is 1. The van der Waals surface area contributed by atoms with E-state index in [0.717, 1.165) is 47.6 Å². The lowest BCUT2D eigenvalue weighted by molar-refractivity contribution is 0.136. The number of fused-ring (bicyclic) bond motifs is 1. The van der Waals surface area contributed by atoms with Gasteiger partial charge in [-0.15, -0.1) is 0 Å². The predicted octanol–water partition coefficient (Wildman–Crippen LogP) is 4.17. The number of hydrogen-bond donors (Lipinski definition) is 1. The number of nitrogens with two attached hydrogens (primary N) is 1. The molecule has 4 heterocycles. The summed E-state index contributed by atoms with van der Waals surface area (Å²) < 4.78 is 14.5.